The van der Waals surface area contributed by atoms with E-state index in [1.807, 2.05) is 31.2 Å². The minimum Gasteiger partial charge on any atom is -0.338 e. The molecule has 0 saturated carbocycles. The summed E-state index contributed by atoms with van der Waals surface area (Å²) in [5.74, 6) is 0.745. The molecule has 0 radical (unpaired) electrons. The molecule has 0 aromatic heterocycles. The number of amides is 1. The van der Waals surface area contributed by atoms with Crippen LogP contribution in [0, 0.1) is 6.92 Å². The van der Waals surface area contributed by atoms with Crippen LogP contribution in [0.25, 0.3) is 0 Å². The molecular formula is C17H25NO3S2. The smallest absolute Gasteiger partial charge is 0.233 e. The quantitative estimate of drug-likeness (QED) is 0.706. The molecule has 6 heteroatoms. The van der Waals surface area contributed by atoms with Crippen LogP contribution < -0.4 is 0 Å². The average Bonchev–Trinajstić information content (AvgIpc) is 2.87. The van der Waals surface area contributed by atoms with Gasteiger partial charge in [0.2, 0.25) is 5.91 Å². The molecule has 1 aromatic rings. The molecule has 1 aliphatic heterocycles. The maximum absolute atomic E-state index is 12.6. The summed E-state index contributed by atoms with van der Waals surface area (Å²) in [7, 11) is -2.97. The van der Waals surface area contributed by atoms with E-state index in [9.17, 15) is 13.2 Å². The largest absolute Gasteiger partial charge is 0.338 e. The number of carbonyl (C=O) groups excluding carboxylic acids is 1. The van der Waals surface area contributed by atoms with Crippen LogP contribution in [0.1, 0.15) is 31.7 Å². The second-order valence-electron chi connectivity index (χ2n) is 6.05. The minimum absolute atomic E-state index is 0.0498. The molecule has 4 nitrogen and oxygen atoms in total. The lowest BCUT2D eigenvalue weighted by atomic mass is 10.2. The fourth-order valence-electron chi connectivity index (χ4n) is 2.80. The number of carbonyl (C=O) groups is 1. The Morgan fingerprint density at radius 3 is 2.70 bits per heavy atom. The van der Waals surface area contributed by atoms with Crippen LogP contribution in [0.3, 0.4) is 0 Å². The zero-order chi connectivity index (χ0) is 16.9. The van der Waals surface area contributed by atoms with Gasteiger partial charge in [0.05, 0.1) is 17.3 Å². The Balaban J connectivity index is 2.00. The lowest BCUT2D eigenvalue weighted by molar-refractivity contribution is -0.130. The highest BCUT2D eigenvalue weighted by molar-refractivity contribution is 8.00. The maximum atomic E-state index is 12.6. The molecule has 128 valence electrons. The summed E-state index contributed by atoms with van der Waals surface area (Å²) in [5.41, 5.74) is 1.16. The molecule has 1 fully saturated rings. The van der Waals surface area contributed by atoms with Crippen molar-refractivity contribution in [1.29, 1.82) is 0 Å². The normalized spacial score (nSPS) is 19.7. The number of nitrogens with zero attached hydrogens (tertiary/aromatic N) is 1. The van der Waals surface area contributed by atoms with Gasteiger partial charge in [-0.25, -0.2) is 8.42 Å². The SMILES string of the molecule is CCCCN(C(=O)CSc1ccccc1C)C1CCS(=O)(=O)C1. The van der Waals surface area contributed by atoms with E-state index in [-0.39, 0.29) is 23.5 Å². The molecule has 0 aliphatic carbocycles. The summed E-state index contributed by atoms with van der Waals surface area (Å²) < 4.78 is 23.4. The first-order chi connectivity index (χ1) is 10.9. The molecule has 0 bridgehead atoms. The molecule has 1 saturated heterocycles. The van der Waals surface area contributed by atoms with Gasteiger partial charge >= 0.3 is 0 Å². The number of aryl methyl sites for hydroxylation is 1. The van der Waals surface area contributed by atoms with Crippen molar-refractivity contribution in [3.63, 3.8) is 0 Å². The fraction of sp³-hybridized carbons (Fsp3) is 0.588. The van der Waals surface area contributed by atoms with E-state index < -0.39 is 9.84 Å². The van der Waals surface area contributed by atoms with Gasteiger partial charge < -0.3 is 4.90 Å². The summed E-state index contributed by atoms with van der Waals surface area (Å²) in [6.07, 6.45) is 2.48. The van der Waals surface area contributed by atoms with Gasteiger partial charge in [0.1, 0.15) is 0 Å². The van der Waals surface area contributed by atoms with Crippen molar-refractivity contribution in [2.24, 2.45) is 0 Å². The van der Waals surface area contributed by atoms with Crippen molar-refractivity contribution in [2.45, 2.75) is 44.0 Å². The fourth-order valence-corrected chi connectivity index (χ4v) is 5.45. The van der Waals surface area contributed by atoms with Crippen LogP contribution in [0.2, 0.25) is 0 Å². The number of hydrogen-bond acceptors (Lipinski definition) is 4. The molecule has 2 rings (SSSR count). The Bertz CT molecular complexity index is 643. The molecule has 0 N–H and O–H groups in total. The van der Waals surface area contributed by atoms with Crippen LogP contribution in [-0.2, 0) is 14.6 Å². The number of benzene rings is 1. The molecule has 0 spiro atoms. The highest BCUT2D eigenvalue weighted by atomic mass is 32.2. The van der Waals surface area contributed by atoms with Gasteiger partial charge in [0, 0.05) is 17.5 Å². The third-order valence-corrected chi connectivity index (χ3v) is 7.08. The number of hydrogen-bond donors (Lipinski definition) is 0. The summed E-state index contributed by atoms with van der Waals surface area (Å²) in [5, 5.41) is 0. The second kappa shape index (κ2) is 8.20. The highest BCUT2D eigenvalue weighted by Crippen LogP contribution is 2.24. The molecule has 1 unspecified atom stereocenters. The predicted molar refractivity (Wildman–Crippen MR) is 95.6 cm³/mol. The predicted octanol–water partition coefficient (Wildman–Crippen LogP) is 2.90. The number of sulfone groups is 1. The first kappa shape index (κ1) is 18.3. The van der Waals surface area contributed by atoms with E-state index in [1.165, 1.54) is 11.8 Å². The van der Waals surface area contributed by atoms with Crippen molar-refractivity contribution >= 4 is 27.5 Å². The lowest BCUT2D eigenvalue weighted by Gasteiger charge is -2.28. The molecule has 1 atom stereocenters. The Morgan fingerprint density at radius 1 is 1.35 bits per heavy atom. The van der Waals surface area contributed by atoms with E-state index >= 15 is 0 Å². The van der Waals surface area contributed by atoms with Crippen LogP contribution in [0.4, 0.5) is 0 Å². The molecule has 1 amide bonds. The van der Waals surface area contributed by atoms with Crippen molar-refractivity contribution in [1.82, 2.24) is 4.90 Å². The van der Waals surface area contributed by atoms with Gasteiger partial charge in [-0.3, -0.25) is 4.79 Å². The topological polar surface area (TPSA) is 54.5 Å². The van der Waals surface area contributed by atoms with Gasteiger partial charge in [-0.2, -0.15) is 0 Å². The molecule has 1 heterocycles. The average molecular weight is 356 g/mol. The summed E-state index contributed by atoms with van der Waals surface area (Å²) in [6.45, 7) is 4.77. The summed E-state index contributed by atoms with van der Waals surface area (Å²) in [4.78, 5) is 15.6. The van der Waals surface area contributed by atoms with E-state index in [0.717, 1.165) is 23.3 Å². The summed E-state index contributed by atoms with van der Waals surface area (Å²) in [6, 6.07) is 7.86. The van der Waals surface area contributed by atoms with Crippen LogP contribution >= 0.6 is 11.8 Å². The van der Waals surface area contributed by atoms with E-state index in [0.29, 0.717) is 18.7 Å². The Labute approximate surface area is 143 Å². The zero-order valence-corrected chi connectivity index (χ0v) is 15.5. The zero-order valence-electron chi connectivity index (χ0n) is 13.8. The Morgan fingerprint density at radius 2 is 2.09 bits per heavy atom. The van der Waals surface area contributed by atoms with Crippen molar-refractivity contribution < 1.29 is 13.2 Å². The maximum Gasteiger partial charge on any atom is 0.233 e. The second-order valence-corrected chi connectivity index (χ2v) is 9.30. The molecule has 1 aromatic carbocycles. The van der Waals surface area contributed by atoms with Crippen molar-refractivity contribution in [3.05, 3.63) is 29.8 Å². The molecule has 23 heavy (non-hydrogen) atoms. The van der Waals surface area contributed by atoms with Gasteiger partial charge in [0.25, 0.3) is 0 Å². The van der Waals surface area contributed by atoms with E-state index in [2.05, 4.69) is 6.92 Å². The lowest BCUT2D eigenvalue weighted by Crippen LogP contribution is -2.42. The third-order valence-electron chi connectivity index (χ3n) is 4.17. The van der Waals surface area contributed by atoms with Gasteiger partial charge in [-0.05, 0) is 31.4 Å². The van der Waals surface area contributed by atoms with E-state index in [4.69, 9.17) is 0 Å². The number of thioether (sulfide) groups is 1. The number of rotatable bonds is 7. The van der Waals surface area contributed by atoms with Crippen molar-refractivity contribution in [3.8, 4) is 0 Å². The summed E-state index contributed by atoms with van der Waals surface area (Å²) >= 11 is 1.53. The standard InChI is InChI=1S/C17H25NO3S2/c1-3-4-10-18(15-9-11-23(20,21)13-15)17(19)12-22-16-8-6-5-7-14(16)2/h5-8,15H,3-4,9-13H2,1-2H3. The first-order valence-corrected chi connectivity index (χ1v) is 10.9. The molecule has 1 aliphatic rings. The number of unbranched alkanes of at least 4 members (excludes halogenated alkanes) is 1. The van der Waals surface area contributed by atoms with Crippen LogP contribution in [-0.4, -0.2) is 49.1 Å². The van der Waals surface area contributed by atoms with Crippen LogP contribution in [0.5, 0.6) is 0 Å². The first-order valence-electron chi connectivity index (χ1n) is 8.11. The Hall–Kier alpha value is -1.01. The van der Waals surface area contributed by atoms with Crippen molar-refractivity contribution in [2.75, 3.05) is 23.8 Å². The van der Waals surface area contributed by atoms with Gasteiger partial charge in [-0.1, -0.05) is 31.5 Å². The third kappa shape index (κ3) is 5.24. The monoisotopic (exact) mass is 355 g/mol. The highest BCUT2D eigenvalue weighted by Gasteiger charge is 2.34. The van der Waals surface area contributed by atoms with E-state index in [1.54, 1.807) is 4.90 Å². The minimum atomic E-state index is -2.97. The van der Waals surface area contributed by atoms with Gasteiger partial charge in [0.15, 0.2) is 9.84 Å². The Kier molecular flexibility index (Phi) is 6.53. The van der Waals surface area contributed by atoms with Gasteiger partial charge in [-0.15, -0.1) is 11.8 Å². The van der Waals surface area contributed by atoms with Crippen LogP contribution in [0.15, 0.2) is 29.2 Å². The molecular weight excluding hydrogens is 330 g/mol.